The standard InChI is InChI=1S/C11H14N4O/c1-9-13-4-5-14(9)6-7-15-8-10(12)2-3-11(15)16/h2-5,8H,6-7,12H2,1H3. The van der Waals surface area contributed by atoms with Crippen LogP contribution in [0.15, 0.2) is 35.5 Å². The van der Waals surface area contributed by atoms with Gasteiger partial charge in [-0.1, -0.05) is 0 Å². The van der Waals surface area contributed by atoms with Gasteiger partial charge in [-0.15, -0.1) is 0 Å². The van der Waals surface area contributed by atoms with Crippen LogP contribution in [-0.2, 0) is 13.1 Å². The summed E-state index contributed by atoms with van der Waals surface area (Å²) in [5, 5.41) is 0. The zero-order valence-electron chi connectivity index (χ0n) is 9.13. The van der Waals surface area contributed by atoms with E-state index in [4.69, 9.17) is 5.73 Å². The van der Waals surface area contributed by atoms with Crippen molar-refractivity contribution in [2.45, 2.75) is 20.0 Å². The normalized spacial score (nSPS) is 10.6. The largest absolute Gasteiger partial charge is 0.398 e. The molecule has 2 aromatic rings. The monoisotopic (exact) mass is 218 g/mol. The molecule has 0 aliphatic carbocycles. The maximum Gasteiger partial charge on any atom is 0.250 e. The number of hydrogen-bond acceptors (Lipinski definition) is 3. The quantitative estimate of drug-likeness (QED) is 0.822. The summed E-state index contributed by atoms with van der Waals surface area (Å²) in [6, 6.07) is 3.09. The molecule has 0 spiro atoms. The Balaban J connectivity index is 2.13. The van der Waals surface area contributed by atoms with E-state index in [9.17, 15) is 4.79 Å². The van der Waals surface area contributed by atoms with Crippen molar-refractivity contribution >= 4 is 5.69 Å². The van der Waals surface area contributed by atoms with Gasteiger partial charge in [0, 0.05) is 43.4 Å². The van der Waals surface area contributed by atoms with Crippen LogP contribution in [0.1, 0.15) is 5.82 Å². The molecule has 0 radical (unpaired) electrons. The van der Waals surface area contributed by atoms with E-state index in [-0.39, 0.29) is 5.56 Å². The van der Waals surface area contributed by atoms with Crippen LogP contribution in [0.5, 0.6) is 0 Å². The van der Waals surface area contributed by atoms with Crippen molar-refractivity contribution in [3.8, 4) is 0 Å². The fourth-order valence-electron chi connectivity index (χ4n) is 1.58. The third kappa shape index (κ3) is 2.13. The summed E-state index contributed by atoms with van der Waals surface area (Å²) in [6.45, 7) is 3.25. The van der Waals surface area contributed by atoms with Gasteiger partial charge in [0.2, 0.25) is 0 Å². The average molecular weight is 218 g/mol. The number of anilines is 1. The summed E-state index contributed by atoms with van der Waals surface area (Å²) in [7, 11) is 0. The van der Waals surface area contributed by atoms with Gasteiger partial charge in [0.15, 0.2) is 0 Å². The molecule has 0 atom stereocenters. The lowest BCUT2D eigenvalue weighted by atomic mass is 10.4. The highest BCUT2D eigenvalue weighted by Gasteiger charge is 1.99. The predicted molar refractivity (Wildman–Crippen MR) is 62.1 cm³/mol. The van der Waals surface area contributed by atoms with E-state index in [0.29, 0.717) is 12.2 Å². The van der Waals surface area contributed by atoms with E-state index in [2.05, 4.69) is 4.98 Å². The third-order valence-corrected chi connectivity index (χ3v) is 2.51. The second-order valence-corrected chi connectivity index (χ2v) is 3.66. The van der Waals surface area contributed by atoms with Crippen LogP contribution in [0.25, 0.3) is 0 Å². The minimum atomic E-state index is -0.0352. The van der Waals surface area contributed by atoms with Crippen LogP contribution in [0.3, 0.4) is 0 Å². The van der Waals surface area contributed by atoms with Crippen LogP contribution in [0.4, 0.5) is 5.69 Å². The van der Waals surface area contributed by atoms with Gasteiger partial charge in [-0.3, -0.25) is 4.79 Å². The molecule has 0 saturated heterocycles. The molecule has 0 saturated carbocycles. The summed E-state index contributed by atoms with van der Waals surface area (Å²) >= 11 is 0. The summed E-state index contributed by atoms with van der Waals surface area (Å²) < 4.78 is 3.60. The molecule has 0 aromatic carbocycles. The highest BCUT2D eigenvalue weighted by molar-refractivity contribution is 5.33. The molecule has 5 heteroatoms. The Labute approximate surface area is 93.2 Å². The molecule has 2 N–H and O–H groups in total. The number of pyridine rings is 1. The number of nitrogens with zero attached hydrogens (tertiary/aromatic N) is 3. The van der Waals surface area contributed by atoms with Crippen LogP contribution in [0, 0.1) is 6.92 Å². The van der Waals surface area contributed by atoms with Crippen molar-refractivity contribution < 1.29 is 0 Å². The lowest BCUT2D eigenvalue weighted by Crippen LogP contribution is -2.21. The Kier molecular flexibility index (Phi) is 2.76. The van der Waals surface area contributed by atoms with Crippen molar-refractivity contribution in [2.75, 3.05) is 5.73 Å². The Morgan fingerprint density at radius 1 is 1.31 bits per heavy atom. The zero-order chi connectivity index (χ0) is 11.5. The number of nitrogen functional groups attached to an aromatic ring is 1. The lowest BCUT2D eigenvalue weighted by Gasteiger charge is -2.08. The number of aromatic nitrogens is 3. The first-order valence-corrected chi connectivity index (χ1v) is 5.10. The van der Waals surface area contributed by atoms with E-state index in [0.717, 1.165) is 12.4 Å². The Morgan fingerprint density at radius 2 is 2.06 bits per heavy atom. The van der Waals surface area contributed by atoms with E-state index in [1.807, 2.05) is 17.7 Å². The molecule has 2 heterocycles. The zero-order valence-corrected chi connectivity index (χ0v) is 9.13. The SMILES string of the molecule is Cc1nccn1CCn1cc(N)ccc1=O. The molecule has 2 rings (SSSR count). The second kappa shape index (κ2) is 4.22. The average Bonchev–Trinajstić information content (AvgIpc) is 2.66. The second-order valence-electron chi connectivity index (χ2n) is 3.66. The molecule has 84 valence electrons. The van der Waals surface area contributed by atoms with Gasteiger partial charge in [0.25, 0.3) is 5.56 Å². The van der Waals surface area contributed by atoms with Crippen molar-refractivity contribution in [2.24, 2.45) is 0 Å². The van der Waals surface area contributed by atoms with Gasteiger partial charge in [-0.2, -0.15) is 0 Å². The summed E-state index contributed by atoms with van der Waals surface area (Å²) in [5.41, 5.74) is 6.19. The van der Waals surface area contributed by atoms with Gasteiger partial charge in [0.1, 0.15) is 5.82 Å². The Hall–Kier alpha value is -2.04. The fraction of sp³-hybridized carbons (Fsp3) is 0.273. The molecule has 0 aliphatic rings. The molecule has 2 aromatic heterocycles. The van der Waals surface area contributed by atoms with E-state index < -0.39 is 0 Å². The summed E-state index contributed by atoms with van der Waals surface area (Å²) in [4.78, 5) is 15.6. The van der Waals surface area contributed by atoms with Crippen molar-refractivity contribution in [1.82, 2.24) is 14.1 Å². The van der Waals surface area contributed by atoms with Gasteiger partial charge in [0.05, 0.1) is 0 Å². The van der Waals surface area contributed by atoms with Crippen LogP contribution in [-0.4, -0.2) is 14.1 Å². The first-order valence-electron chi connectivity index (χ1n) is 5.10. The molecule has 16 heavy (non-hydrogen) atoms. The molecular formula is C11H14N4O. The van der Waals surface area contributed by atoms with Crippen molar-refractivity contribution in [3.05, 3.63) is 46.9 Å². The first kappa shape index (κ1) is 10.5. The number of aryl methyl sites for hydroxylation is 3. The Bertz CT molecular complexity index is 541. The maximum atomic E-state index is 11.5. The van der Waals surface area contributed by atoms with Crippen molar-refractivity contribution in [3.63, 3.8) is 0 Å². The summed E-state index contributed by atoms with van der Waals surface area (Å²) in [5.74, 6) is 0.942. The molecular weight excluding hydrogens is 204 g/mol. The van der Waals surface area contributed by atoms with Gasteiger partial charge >= 0.3 is 0 Å². The van der Waals surface area contributed by atoms with E-state index in [1.165, 1.54) is 6.07 Å². The van der Waals surface area contributed by atoms with Crippen LogP contribution in [0.2, 0.25) is 0 Å². The molecule has 5 nitrogen and oxygen atoms in total. The number of nitrogens with two attached hydrogens (primary N) is 1. The Morgan fingerprint density at radius 3 is 2.75 bits per heavy atom. The van der Waals surface area contributed by atoms with Crippen LogP contribution < -0.4 is 11.3 Å². The third-order valence-electron chi connectivity index (χ3n) is 2.51. The van der Waals surface area contributed by atoms with Crippen molar-refractivity contribution in [1.29, 1.82) is 0 Å². The molecule has 0 fully saturated rings. The lowest BCUT2D eigenvalue weighted by molar-refractivity contribution is 0.556. The molecule has 0 amide bonds. The van der Waals surface area contributed by atoms with E-state index >= 15 is 0 Å². The minimum absolute atomic E-state index is 0.0352. The number of rotatable bonds is 3. The van der Waals surface area contributed by atoms with Gasteiger partial charge < -0.3 is 14.9 Å². The smallest absolute Gasteiger partial charge is 0.250 e. The van der Waals surface area contributed by atoms with Gasteiger partial charge in [-0.25, -0.2) is 4.98 Å². The minimum Gasteiger partial charge on any atom is -0.398 e. The highest BCUT2D eigenvalue weighted by atomic mass is 16.1. The molecule has 0 bridgehead atoms. The van der Waals surface area contributed by atoms with E-state index in [1.54, 1.807) is 23.0 Å². The molecule has 0 unspecified atom stereocenters. The topological polar surface area (TPSA) is 65.8 Å². The fourth-order valence-corrected chi connectivity index (χ4v) is 1.58. The van der Waals surface area contributed by atoms with Crippen LogP contribution >= 0.6 is 0 Å². The number of imidazole rings is 1. The predicted octanol–water partition coefficient (Wildman–Crippen LogP) is 0.636. The highest BCUT2D eigenvalue weighted by Crippen LogP contribution is 1.99. The first-order chi connectivity index (χ1) is 7.66. The summed E-state index contributed by atoms with van der Waals surface area (Å²) in [6.07, 6.45) is 5.30. The number of hydrogen-bond donors (Lipinski definition) is 1. The maximum absolute atomic E-state index is 11.5. The van der Waals surface area contributed by atoms with Gasteiger partial charge in [-0.05, 0) is 13.0 Å². The molecule has 0 aliphatic heterocycles.